The van der Waals surface area contributed by atoms with Crippen LogP contribution in [0.4, 0.5) is 10.5 Å². The summed E-state index contributed by atoms with van der Waals surface area (Å²) in [7, 11) is 0. The Morgan fingerprint density at radius 1 is 0.974 bits per heavy atom. The quantitative estimate of drug-likeness (QED) is 0.341. The highest BCUT2D eigenvalue weighted by Gasteiger charge is 2.27. The van der Waals surface area contributed by atoms with E-state index in [-0.39, 0.29) is 12.1 Å². The van der Waals surface area contributed by atoms with E-state index in [9.17, 15) is 10.1 Å². The van der Waals surface area contributed by atoms with Crippen molar-refractivity contribution in [3.63, 3.8) is 0 Å². The fourth-order valence-electron chi connectivity index (χ4n) is 4.70. The number of hydrogen-bond acceptors (Lipinski definition) is 5. The number of carbonyl (C=O) groups is 1. The molecule has 1 aliphatic heterocycles. The maximum atomic E-state index is 13.1. The number of rotatable bonds is 6. The van der Waals surface area contributed by atoms with Crippen LogP contribution in [0, 0.1) is 11.3 Å². The largest absolute Gasteiger partial charge is 0.457 e. The first-order valence-corrected chi connectivity index (χ1v) is 12.6. The first-order valence-electron chi connectivity index (χ1n) is 12.6. The van der Waals surface area contributed by atoms with E-state index < -0.39 is 0 Å². The zero-order valence-corrected chi connectivity index (χ0v) is 21.2. The van der Waals surface area contributed by atoms with Crippen LogP contribution in [-0.4, -0.2) is 46.5 Å². The summed E-state index contributed by atoms with van der Waals surface area (Å²) >= 11 is 0. The molecule has 1 N–H and O–H groups in total. The molecular weight excluding hydrogens is 474 g/mol. The molecule has 7 nitrogen and oxygen atoms in total. The third-order valence-corrected chi connectivity index (χ3v) is 6.57. The fourth-order valence-corrected chi connectivity index (χ4v) is 4.70. The van der Waals surface area contributed by atoms with Gasteiger partial charge in [-0.05, 0) is 60.5 Å². The van der Waals surface area contributed by atoms with Gasteiger partial charge in [0.05, 0.1) is 23.5 Å². The highest BCUT2D eigenvalue weighted by Crippen LogP contribution is 2.25. The second-order valence-corrected chi connectivity index (χ2v) is 9.43. The van der Waals surface area contributed by atoms with E-state index in [2.05, 4.69) is 40.3 Å². The lowest BCUT2D eigenvalue weighted by Gasteiger charge is -2.39. The highest BCUT2D eigenvalue weighted by molar-refractivity contribution is 5.90. The van der Waals surface area contributed by atoms with Gasteiger partial charge in [0.1, 0.15) is 11.5 Å². The summed E-state index contributed by atoms with van der Waals surface area (Å²) < 4.78 is 5.98. The van der Waals surface area contributed by atoms with Gasteiger partial charge in [0.2, 0.25) is 0 Å². The zero-order chi connectivity index (χ0) is 26.3. The van der Waals surface area contributed by atoms with Crippen molar-refractivity contribution >= 4 is 11.7 Å². The van der Waals surface area contributed by atoms with Crippen molar-refractivity contribution in [1.82, 2.24) is 14.8 Å². The van der Waals surface area contributed by atoms with Gasteiger partial charge in [-0.1, -0.05) is 42.5 Å². The van der Waals surface area contributed by atoms with Gasteiger partial charge < -0.3 is 15.0 Å². The molecule has 38 heavy (non-hydrogen) atoms. The molecule has 3 aromatic carbocycles. The number of hydrogen-bond donors (Lipinski definition) is 1. The molecule has 1 fully saturated rings. The van der Waals surface area contributed by atoms with E-state index in [0.29, 0.717) is 17.8 Å². The zero-order valence-electron chi connectivity index (χ0n) is 21.2. The molecule has 1 atom stereocenters. The van der Waals surface area contributed by atoms with Crippen LogP contribution in [0.5, 0.6) is 11.5 Å². The van der Waals surface area contributed by atoms with Gasteiger partial charge in [-0.3, -0.25) is 9.88 Å². The second kappa shape index (κ2) is 11.6. The topological polar surface area (TPSA) is 81.5 Å². The lowest BCUT2D eigenvalue weighted by molar-refractivity contribution is 0.104. The molecule has 5 rings (SSSR count). The number of amides is 2. The minimum absolute atomic E-state index is 0.0518. The van der Waals surface area contributed by atoms with Crippen molar-refractivity contribution in [2.45, 2.75) is 19.5 Å². The summed E-state index contributed by atoms with van der Waals surface area (Å²) in [6.07, 6.45) is 3.37. The van der Waals surface area contributed by atoms with Gasteiger partial charge in [0.25, 0.3) is 0 Å². The number of ether oxygens (including phenoxy) is 1. The Kier molecular flexibility index (Phi) is 7.62. The number of carbonyl (C=O) groups excluding carboxylic acids is 1. The van der Waals surface area contributed by atoms with Crippen molar-refractivity contribution in [2.75, 3.05) is 25.0 Å². The number of pyridine rings is 1. The van der Waals surface area contributed by atoms with E-state index in [0.717, 1.165) is 42.3 Å². The van der Waals surface area contributed by atoms with Gasteiger partial charge in [-0.15, -0.1) is 0 Å². The number of nitrogens with one attached hydrogen (secondary N) is 1. The minimum Gasteiger partial charge on any atom is -0.457 e. The normalized spacial score (nSPS) is 15.5. The van der Waals surface area contributed by atoms with Crippen LogP contribution in [0.3, 0.4) is 0 Å². The monoisotopic (exact) mass is 503 g/mol. The molecule has 0 aliphatic carbocycles. The molecule has 0 bridgehead atoms. The second-order valence-electron chi connectivity index (χ2n) is 9.43. The number of piperazine rings is 1. The summed E-state index contributed by atoms with van der Waals surface area (Å²) in [5, 5.41) is 12.2. The standard InChI is InChI=1S/C31H29N5O2/c1-23-21-35(22-25-8-6-12-30(16-25)38-29-10-3-2-4-11-29)13-14-36(23)31(37)34-28-17-27(19-33-20-28)26-9-5-7-24(15-26)18-32/h2-12,15-17,19-20,23H,13-14,21-22H2,1H3,(H,34,37). The van der Waals surface area contributed by atoms with Crippen LogP contribution in [0.15, 0.2) is 97.3 Å². The lowest BCUT2D eigenvalue weighted by atomic mass is 10.1. The predicted molar refractivity (Wildman–Crippen MR) is 148 cm³/mol. The first-order chi connectivity index (χ1) is 18.6. The maximum absolute atomic E-state index is 13.1. The van der Waals surface area contributed by atoms with Crippen molar-refractivity contribution in [3.8, 4) is 28.7 Å². The summed E-state index contributed by atoms with van der Waals surface area (Å²) in [4.78, 5) is 21.6. The molecule has 1 unspecified atom stereocenters. The van der Waals surface area contributed by atoms with Crippen LogP contribution in [0.1, 0.15) is 18.1 Å². The Balaban J connectivity index is 1.18. The van der Waals surface area contributed by atoms with Gasteiger partial charge in [0.15, 0.2) is 0 Å². The molecule has 1 saturated heterocycles. The molecule has 0 radical (unpaired) electrons. The van der Waals surface area contributed by atoms with Crippen molar-refractivity contribution < 1.29 is 9.53 Å². The Morgan fingerprint density at radius 2 is 1.79 bits per heavy atom. The average Bonchev–Trinajstić information content (AvgIpc) is 2.94. The van der Waals surface area contributed by atoms with E-state index in [1.54, 1.807) is 18.5 Å². The molecule has 7 heteroatoms. The van der Waals surface area contributed by atoms with Gasteiger partial charge in [-0.25, -0.2) is 4.79 Å². The summed E-state index contributed by atoms with van der Waals surface area (Å²) in [6.45, 7) is 5.05. The molecule has 0 spiro atoms. The lowest BCUT2D eigenvalue weighted by Crippen LogP contribution is -2.54. The van der Waals surface area contributed by atoms with Crippen LogP contribution in [0.25, 0.3) is 11.1 Å². The van der Waals surface area contributed by atoms with E-state index in [1.807, 2.05) is 71.6 Å². The highest BCUT2D eigenvalue weighted by atomic mass is 16.5. The van der Waals surface area contributed by atoms with E-state index >= 15 is 0 Å². The molecule has 4 aromatic rings. The molecule has 1 aliphatic rings. The number of nitrogens with zero attached hydrogens (tertiary/aromatic N) is 4. The number of anilines is 1. The maximum Gasteiger partial charge on any atom is 0.322 e. The molecule has 1 aromatic heterocycles. The third kappa shape index (κ3) is 6.17. The molecule has 2 amide bonds. The first kappa shape index (κ1) is 25.0. The summed E-state index contributed by atoms with van der Waals surface area (Å²) in [5.41, 5.74) is 4.11. The number of urea groups is 1. The van der Waals surface area contributed by atoms with Crippen LogP contribution >= 0.6 is 0 Å². The number of nitriles is 1. The average molecular weight is 504 g/mol. The fraction of sp³-hybridized carbons (Fsp3) is 0.194. The molecular formula is C31H29N5O2. The third-order valence-electron chi connectivity index (χ3n) is 6.57. The van der Waals surface area contributed by atoms with E-state index in [4.69, 9.17) is 4.74 Å². The van der Waals surface area contributed by atoms with Crippen LogP contribution < -0.4 is 10.1 Å². The van der Waals surface area contributed by atoms with Crippen molar-refractivity contribution in [1.29, 1.82) is 5.26 Å². The van der Waals surface area contributed by atoms with Crippen LogP contribution in [-0.2, 0) is 6.54 Å². The Morgan fingerprint density at radius 3 is 2.61 bits per heavy atom. The summed E-state index contributed by atoms with van der Waals surface area (Å²) in [6, 6.07) is 29.2. The number of benzene rings is 3. The Labute approximate surface area is 222 Å². The van der Waals surface area contributed by atoms with Crippen molar-refractivity contribution in [3.05, 3.63) is 108 Å². The summed E-state index contributed by atoms with van der Waals surface area (Å²) in [5.74, 6) is 1.63. The predicted octanol–water partition coefficient (Wildman–Crippen LogP) is 6.15. The number of para-hydroxylation sites is 1. The Bertz CT molecular complexity index is 1450. The minimum atomic E-state index is -0.139. The SMILES string of the molecule is CC1CN(Cc2cccc(Oc3ccccc3)c2)CCN1C(=O)Nc1cncc(-c2cccc(C#N)c2)c1. The van der Waals surface area contributed by atoms with E-state index in [1.165, 1.54) is 5.56 Å². The molecule has 190 valence electrons. The molecule has 2 heterocycles. The van der Waals surface area contributed by atoms with Gasteiger partial charge >= 0.3 is 6.03 Å². The Hall–Kier alpha value is -4.67. The number of aromatic nitrogens is 1. The van der Waals surface area contributed by atoms with Gasteiger partial charge in [0, 0.05) is 44.0 Å². The molecule has 0 saturated carbocycles. The smallest absolute Gasteiger partial charge is 0.322 e. The van der Waals surface area contributed by atoms with Crippen molar-refractivity contribution in [2.24, 2.45) is 0 Å². The van der Waals surface area contributed by atoms with Crippen LogP contribution in [0.2, 0.25) is 0 Å². The van der Waals surface area contributed by atoms with Gasteiger partial charge in [-0.2, -0.15) is 5.26 Å².